The molecule has 0 spiro atoms. The average Bonchev–Trinajstić information content (AvgIpc) is 3.27. The molecular weight excluding hydrogens is 326 g/mol. The fourth-order valence-electron chi connectivity index (χ4n) is 2.31. The number of nitrogens with zero attached hydrogens (tertiary/aromatic N) is 3. The molecule has 0 bridgehead atoms. The van der Waals surface area contributed by atoms with Crippen LogP contribution in [-0.4, -0.2) is 33.1 Å². The number of anilines is 1. The van der Waals surface area contributed by atoms with Gasteiger partial charge in [-0.3, -0.25) is 4.79 Å². The van der Waals surface area contributed by atoms with Crippen molar-refractivity contribution < 1.29 is 9.53 Å². The summed E-state index contributed by atoms with van der Waals surface area (Å²) < 4.78 is 5.46. The van der Waals surface area contributed by atoms with Gasteiger partial charge in [0.2, 0.25) is 5.91 Å². The quantitative estimate of drug-likeness (QED) is 0.688. The van der Waals surface area contributed by atoms with E-state index in [0.717, 1.165) is 4.88 Å². The number of carbonyl (C=O) groups excluding carboxylic acids is 1. The van der Waals surface area contributed by atoms with Gasteiger partial charge < -0.3 is 10.1 Å². The van der Waals surface area contributed by atoms with E-state index in [4.69, 9.17) is 4.74 Å². The van der Waals surface area contributed by atoms with Crippen LogP contribution in [-0.2, 0) is 11.2 Å². The highest BCUT2D eigenvalue weighted by molar-refractivity contribution is 7.09. The lowest BCUT2D eigenvalue weighted by Gasteiger charge is -2.13. The van der Waals surface area contributed by atoms with Crippen molar-refractivity contribution in [3.05, 3.63) is 52.5 Å². The Hall–Kier alpha value is -2.74. The molecule has 0 saturated carbocycles. The number of thiophene rings is 1. The molecule has 124 valence electrons. The maximum atomic E-state index is 12.7. The van der Waals surface area contributed by atoms with Gasteiger partial charge in [-0.25, -0.2) is 0 Å². The van der Waals surface area contributed by atoms with E-state index in [1.165, 1.54) is 0 Å². The number of benzene rings is 1. The van der Waals surface area contributed by atoms with E-state index in [0.29, 0.717) is 30.3 Å². The van der Waals surface area contributed by atoms with Gasteiger partial charge in [0.1, 0.15) is 11.7 Å². The fraction of sp³-hybridized carbons (Fsp3) is 0.250. The highest BCUT2D eigenvalue weighted by Crippen LogP contribution is 2.24. The van der Waals surface area contributed by atoms with E-state index >= 15 is 0 Å². The number of aromatic amines is 1. The van der Waals surface area contributed by atoms with Crippen LogP contribution in [0.4, 0.5) is 5.69 Å². The summed E-state index contributed by atoms with van der Waals surface area (Å²) in [4.78, 5) is 13.8. The minimum Gasteiger partial charge on any atom is -0.494 e. The number of carbonyl (C=O) groups is 1. The van der Waals surface area contributed by atoms with Crippen molar-refractivity contribution in [1.82, 2.24) is 20.6 Å². The van der Waals surface area contributed by atoms with Crippen LogP contribution in [0.3, 0.4) is 0 Å². The van der Waals surface area contributed by atoms with Gasteiger partial charge in [0.25, 0.3) is 0 Å². The number of rotatable bonds is 7. The van der Waals surface area contributed by atoms with E-state index < -0.39 is 5.92 Å². The van der Waals surface area contributed by atoms with Gasteiger partial charge in [-0.1, -0.05) is 17.3 Å². The zero-order chi connectivity index (χ0) is 16.8. The summed E-state index contributed by atoms with van der Waals surface area (Å²) in [6.07, 6.45) is 0.522. The number of nitrogens with one attached hydrogen (secondary N) is 2. The first kappa shape index (κ1) is 16.1. The Kier molecular flexibility index (Phi) is 5.17. The van der Waals surface area contributed by atoms with E-state index in [2.05, 4.69) is 25.9 Å². The van der Waals surface area contributed by atoms with Crippen molar-refractivity contribution in [2.75, 3.05) is 11.9 Å². The highest BCUT2D eigenvalue weighted by atomic mass is 32.1. The number of hydrogen-bond donors (Lipinski definition) is 2. The SMILES string of the molecule is CCOc1cccc(NC(=O)[C@H](Cc2cccs2)c2nn[nH]n2)c1. The molecule has 0 aliphatic rings. The van der Waals surface area contributed by atoms with Crippen LogP contribution >= 0.6 is 11.3 Å². The topological polar surface area (TPSA) is 92.8 Å². The molecule has 3 aromatic rings. The molecule has 2 N–H and O–H groups in total. The fourth-order valence-corrected chi connectivity index (χ4v) is 3.06. The van der Waals surface area contributed by atoms with Crippen LogP contribution in [0.5, 0.6) is 5.75 Å². The van der Waals surface area contributed by atoms with E-state index in [-0.39, 0.29) is 5.91 Å². The Morgan fingerprint density at radius 3 is 3.00 bits per heavy atom. The lowest BCUT2D eigenvalue weighted by molar-refractivity contribution is -0.117. The molecule has 0 aliphatic carbocycles. The molecule has 2 heterocycles. The molecule has 0 fully saturated rings. The summed E-state index contributed by atoms with van der Waals surface area (Å²) in [5, 5.41) is 18.8. The number of amides is 1. The third-order valence-corrected chi connectivity index (χ3v) is 4.29. The molecule has 0 radical (unpaired) electrons. The summed E-state index contributed by atoms with van der Waals surface area (Å²) in [7, 11) is 0. The Morgan fingerprint density at radius 2 is 2.29 bits per heavy atom. The van der Waals surface area contributed by atoms with Crippen LogP contribution in [0.2, 0.25) is 0 Å². The average molecular weight is 343 g/mol. The maximum absolute atomic E-state index is 12.7. The Balaban J connectivity index is 1.77. The second-order valence-electron chi connectivity index (χ2n) is 5.06. The normalized spacial score (nSPS) is 11.9. The van der Waals surface area contributed by atoms with Gasteiger partial charge in [0.15, 0.2) is 5.82 Å². The summed E-state index contributed by atoms with van der Waals surface area (Å²) in [6, 6.07) is 11.2. The lowest BCUT2D eigenvalue weighted by Crippen LogP contribution is -2.24. The van der Waals surface area contributed by atoms with Gasteiger partial charge in [-0.2, -0.15) is 5.21 Å². The Labute approximate surface area is 143 Å². The van der Waals surface area contributed by atoms with E-state index in [1.54, 1.807) is 17.4 Å². The van der Waals surface area contributed by atoms with Crippen molar-refractivity contribution in [1.29, 1.82) is 0 Å². The second-order valence-corrected chi connectivity index (χ2v) is 6.09. The van der Waals surface area contributed by atoms with Gasteiger partial charge in [0, 0.05) is 23.1 Å². The van der Waals surface area contributed by atoms with Crippen molar-refractivity contribution in [3.8, 4) is 5.75 Å². The van der Waals surface area contributed by atoms with E-state index in [1.807, 2.05) is 42.6 Å². The van der Waals surface area contributed by atoms with Crippen molar-refractivity contribution >= 4 is 22.9 Å². The van der Waals surface area contributed by atoms with Crippen LogP contribution in [0.15, 0.2) is 41.8 Å². The van der Waals surface area contributed by atoms with Crippen LogP contribution < -0.4 is 10.1 Å². The van der Waals surface area contributed by atoms with Crippen molar-refractivity contribution in [3.63, 3.8) is 0 Å². The van der Waals surface area contributed by atoms with Crippen molar-refractivity contribution in [2.45, 2.75) is 19.3 Å². The first-order valence-electron chi connectivity index (χ1n) is 7.55. The van der Waals surface area contributed by atoms with Gasteiger partial charge >= 0.3 is 0 Å². The summed E-state index contributed by atoms with van der Waals surface area (Å²) in [5.74, 6) is 0.392. The third kappa shape index (κ3) is 3.96. The molecule has 1 amide bonds. The monoisotopic (exact) mass is 343 g/mol. The largest absolute Gasteiger partial charge is 0.494 e. The maximum Gasteiger partial charge on any atom is 0.235 e. The van der Waals surface area contributed by atoms with Gasteiger partial charge in [-0.15, -0.1) is 21.5 Å². The molecule has 3 rings (SSSR count). The minimum atomic E-state index is -0.516. The van der Waals surface area contributed by atoms with Gasteiger partial charge in [0.05, 0.1) is 6.61 Å². The smallest absolute Gasteiger partial charge is 0.235 e. The first-order chi connectivity index (χ1) is 11.8. The molecule has 7 nitrogen and oxygen atoms in total. The Morgan fingerprint density at radius 1 is 1.38 bits per heavy atom. The molecule has 1 atom stereocenters. The Bertz CT molecular complexity index is 774. The summed E-state index contributed by atoms with van der Waals surface area (Å²) in [5.41, 5.74) is 0.672. The summed E-state index contributed by atoms with van der Waals surface area (Å²) in [6.45, 7) is 2.49. The highest BCUT2D eigenvalue weighted by Gasteiger charge is 2.26. The molecule has 0 unspecified atom stereocenters. The number of hydrogen-bond acceptors (Lipinski definition) is 6. The van der Waals surface area contributed by atoms with Crippen LogP contribution in [0, 0.1) is 0 Å². The molecule has 0 saturated heterocycles. The number of tetrazole rings is 1. The lowest BCUT2D eigenvalue weighted by atomic mass is 10.0. The molecule has 24 heavy (non-hydrogen) atoms. The predicted molar refractivity (Wildman–Crippen MR) is 91.2 cm³/mol. The van der Waals surface area contributed by atoms with Crippen molar-refractivity contribution in [2.24, 2.45) is 0 Å². The predicted octanol–water partition coefficient (Wildman–Crippen LogP) is 2.62. The van der Waals surface area contributed by atoms with Crippen LogP contribution in [0.25, 0.3) is 0 Å². The molecule has 2 aromatic heterocycles. The molecular formula is C16H17N5O2S. The molecule has 8 heteroatoms. The molecule has 0 aliphatic heterocycles. The zero-order valence-corrected chi connectivity index (χ0v) is 13.9. The third-order valence-electron chi connectivity index (χ3n) is 3.39. The van der Waals surface area contributed by atoms with Gasteiger partial charge in [-0.05, 0) is 30.5 Å². The van der Waals surface area contributed by atoms with Crippen LogP contribution in [0.1, 0.15) is 23.5 Å². The number of aromatic nitrogens is 4. The first-order valence-corrected chi connectivity index (χ1v) is 8.43. The molecule has 1 aromatic carbocycles. The minimum absolute atomic E-state index is 0.182. The second kappa shape index (κ2) is 7.69. The zero-order valence-electron chi connectivity index (χ0n) is 13.1. The summed E-state index contributed by atoms with van der Waals surface area (Å²) >= 11 is 1.60. The number of H-pyrrole nitrogens is 1. The standard InChI is InChI=1S/C16H17N5O2S/c1-2-23-12-6-3-5-11(9-12)17-16(22)14(15-18-20-21-19-15)10-13-7-4-8-24-13/h3-9,14H,2,10H2,1H3,(H,17,22)(H,18,19,20,21)/t14-/m1/s1. The van der Waals surface area contributed by atoms with E-state index in [9.17, 15) is 4.79 Å². The number of ether oxygens (including phenoxy) is 1.